The highest BCUT2D eigenvalue weighted by Crippen LogP contribution is 2.29. The third-order valence-electron chi connectivity index (χ3n) is 5.19. The molecule has 0 radical (unpaired) electrons. The molecule has 0 saturated heterocycles. The Morgan fingerprint density at radius 2 is 1.79 bits per heavy atom. The van der Waals surface area contributed by atoms with Crippen molar-refractivity contribution in [2.24, 2.45) is 0 Å². The van der Waals surface area contributed by atoms with E-state index in [1.165, 1.54) is 0 Å². The maximum absolute atomic E-state index is 12.9. The number of carbonyl (C=O) groups is 1. The highest BCUT2D eigenvalue weighted by molar-refractivity contribution is 7.99. The molecule has 0 heterocycles. The van der Waals surface area contributed by atoms with Crippen LogP contribution in [0.1, 0.15) is 18.4 Å². The molecule has 2 N–H and O–H groups in total. The summed E-state index contributed by atoms with van der Waals surface area (Å²) in [7, 11) is -3.40. The fraction of sp³-hybridized carbons (Fsp3) is 0.320. The highest BCUT2D eigenvalue weighted by atomic mass is 35.5. The Morgan fingerprint density at radius 1 is 1.06 bits per heavy atom. The smallest absolute Gasteiger partial charge is 0.341 e. The fourth-order valence-corrected chi connectivity index (χ4v) is 6.27. The summed E-state index contributed by atoms with van der Waals surface area (Å²) in [5.41, 5.74) is 0.902. The van der Waals surface area contributed by atoms with Crippen molar-refractivity contribution < 1.29 is 23.1 Å². The van der Waals surface area contributed by atoms with Crippen molar-refractivity contribution in [1.82, 2.24) is 5.32 Å². The maximum Gasteiger partial charge on any atom is 0.341 e. The third-order valence-corrected chi connectivity index (χ3v) is 8.46. The molecule has 34 heavy (non-hydrogen) atoms. The van der Waals surface area contributed by atoms with Gasteiger partial charge in [0.15, 0.2) is 16.4 Å². The highest BCUT2D eigenvalue weighted by Gasteiger charge is 2.17. The van der Waals surface area contributed by atoms with E-state index in [1.807, 2.05) is 25.1 Å². The Morgan fingerprint density at radius 3 is 2.56 bits per heavy atom. The zero-order chi connectivity index (χ0) is 24.6. The summed E-state index contributed by atoms with van der Waals surface area (Å²) in [6, 6.07) is 16.2. The van der Waals surface area contributed by atoms with E-state index in [4.69, 9.17) is 21.4 Å². The monoisotopic (exact) mass is 521 g/mol. The van der Waals surface area contributed by atoms with E-state index in [0.717, 1.165) is 34.6 Å². The van der Waals surface area contributed by atoms with Gasteiger partial charge in [-0.25, -0.2) is 13.2 Å². The lowest BCUT2D eigenvalue weighted by Gasteiger charge is -2.10. The Hall–Kier alpha value is -2.26. The minimum Gasteiger partial charge on any atom is -0.482 e. The van der Waals surface area contributed by atoms with Crippen LogP contribution < -0.4 is 10.1 Å². The van der Waals surface area contributed by atoms with E-state index in [-0.39, 0.29) is 12.4 Å². The Balaban J connectivity index is 1.37. The van der Waals surface area contributed by atoms with E-state index in [0.29, 0.717) is 34.0 Å². The van der Waals surface area contributed by atoms with Gasteiger partial charge in [-0.05, 0) is 74.5 Å². The predicted molar refractivity (Wildman–Crippen MR) is 138 cm³/mol. The second-order valence-corrected chi connectivity index (χ2v) is 11.5. The molecule has 0 aliphatic rings. The number of rotatable bonds is 13. The van der Waals surface area contributed by atoms with Gasteiger partial charge in [0.25, 0.3) is 0 Å². The number of ether oxygens (including phenoxy) is 1. The van der Waals surface area contributed by atoms with Crippen molar-refractivity contribution in [2.45, 2.75) is 29.6 Å². The number of fused-ring (bicyclic) bond motifs is 1. The second kappa shape index (κ2) is 12.4. The summed E-state index contributed by atoms with van der Waals surface area (Å²) in [6.45, 7) is 2.97. The van der Waals surface area contributed by atoms with Gasteiger partial charge in [-0.15, -0.1) is 11.8 Å². The number of aliphatic carboxylic acids is 1. The first-order chi connectivity index (χ1) is 16.3. The first kappa shape index (κ1) is 26.3. The quantitative estimate of drug-likeness (QED) is 0.236. The van der Waals surface area contributed by atoms with Crippen molar-refractivity contribution in [3.05, 3.63) is 65.2 Å². The van der Waals surface area contributed by atoms with Crippen LogP contribution in [0, 0.1) is 6.92 Å². The number of nitrogens with one attached hydrogen (secondary N) is 1. The lowest BCUT2D eigenvalue weighted by atomic mass is 10.1. The topological polar surface area (TPSA) is 92.7 Å². The van der Waals surface area contributed by atoms with Crippen LogP contribution in [0.3, 0.4) is 0 Å². The number of hydrogen-bond donors (Lipinski definition) is 2. The summed E-state index contributed by atoms with van der Waals surface area (Å²) < 4.78 is 31.0. The molecule has 0 fully saturated rings. The number of carboxylic acid groups (broad SMARTS) is 1. The van der Waals surface area contributed by atoms with Crippen LogP contribution in [0.15, 0.2) is 64.4 Å². The molecule has 0 aliphatic carbocycles. The van der Waals surface area contributed by atoms with Crippen molar-refractivity contribution in [2.75, 3.05) is 31.2 Å². The van der Waals surface area contributed by atoms with Crippen LogP contribution in [-0.4, -0.2) is 50.7 Å². The number of benzene rings is 3. The largest absolute Gasteiger partial charge is 0.482 e. The van der Waals surface area contributed by atoms with Gasteiger partial charge in [0.1, 0.15) is 5.75 Å². The van der Waals surface area contributed by atoms with Gasteiger partial charge in [0.05, 0.1) is 10.6 Å². The Labute approximate surface area is 209 Å². The molecule has 0 atom stereocenters. The number of sulfone groups is 1. The van der Waals surface area contributed by atoms with Crippen LogP contribution in [0.4, 0.5) is 0 Å². The van der Waals surface area contributed by atoms with Crippen molar-refractivity contribution in [3.8, 4) is 5.75 Å². The van der Waals surface area contributed by atoms with Crippen molar-refractivity contribution in [3.63, 3.8) is 0 Å². The zero-order valence-corrected chi connectivity index (χ0v) is 21.3. The summed E-state index contributed by atoms with van der Waals surface area (Å²) in [5, 5.41) is 14.0. The molecule has 3 aromatic rings. The van der Waals surface area contributed by atoms with Crippen LogP contribution in [0.5, 0.6) is 5.75 Å². The summed E-state index contributed by atoms with van der Waals surface area (Å²) in [6.07, 6.45) is 1.47. The minimum atomic E-state index is -3.40. The van der Waals surface area contributed by atoms with Crippen LogP contribution in [0.2, 0.25) is 5.02 Å². The van der Waals surface area contributed by atoms with Gasteiger partial charge in [-0.3, -0.25) is 0 Å². The lowest BCUT2D eigenvalue weighted by molar-refractivity contribution is -0.139. The molecule has 0 spiro atoms. The van der Waals surface area contributed by atoms with Crippen molar-refractivity contribution in [1.29, 1.82) is 0 Å². The zero-order valence-electron chi connectivity index (χ0n) is 18.9. The third kappa shape index (κ3) is 7.37. The van der Waals surface area contributed by atoms with Crippen LogP contribution in [-0.2, 0) is 14.6 Å². The first-order valence-corrected chi connectivity index (χ1v) is 14.0. The number of aryl methyl sites for hydroxylation is 1. The number of hydrogen-bond acceptors (Lipinski definition) is 6. The van der Waals surface area contributed by atoms with Crippen LogP contribution in [0.25, 0.3) is 10.8 Å². The fourth-order valence-electron chi connectivity index (χ4n) is 3.54. The molecule has 3 aromatic carbocycles. The number of carboxylic acids is 1. The molecule has 0 saturated carbocycles. The van der Waals surface area contributed by atoms with Crippen LogP contribution >= 0.6 is 23.4 Å². The first-order valence-electron chi connectivity index (χ1n) is 11.0. The van der Waals surface area contributed by atoms with Gasteiger partial charge < -0.3 is 15.2 Å². The molecule has 9 heteroatoms. The lowest BCUT2D eigenvalue weighted by Crippen LogP contribution is -2.20. The van der Waals surface area contributed by atoms with E-state index in [9.17, 15) is 13.2 Å². The van der Waals surface area contributed by atoms with E-state index in [2.05, 4.69) is 5.32 Å². The van der Waals surface area contributed by atoms with Gasteiger partial charge in [-0.2, -0.15) is 0 Å². The molecule has 0 amide bonds. The van der Waals surface area contributed by atoms with E-state index < -0.39 is 15.8 Å². The second-order valence-electron chi connectivity index (χ2n) is 7.83. The van der Waals surface area contributed by atoms with Gasteiger partial charge in [0, 0.05) is 20.7 Å². The minimum absolute atomic E-state index is 0.0793. The Bertz CT molecular complexity index is 1250. The van der Waals surface area contributed by atoms with Gasteiger partial charge >= 0.3 is 5.97 Å². The maximum atomic E-state index is 12.9. The molecule has 0 unspecified atom stereocenters. The van der Waals surface area contributed by atoms with E-state index >= 15 is 0 Å². The molecule has 0 bridgehead atoms. The van der Waals surface area contributed by atoms with E-state index in [1.54, 1.807) is 48.2 Å². The van der Waals surface area contributed by atoms with Gasteiger partial charge in [0.2, 0.25) is 0 Å². The molecule has 0 aliphatic heterocycles. The normalized spacial score (nSPS) is 11.6. The predicted octanol–water partition coefficient (Wildman–Crippen LogP) is 5.20. The number of thioether (sulfide) groups is 1. The standard InChI is InChI=1S/C25H28ClNO5S2/c1-18-16-19(10-11-23(18)32-17-25(28)29)33-14-4-12-27-13-5-15-34(30,31)24-9-3-6-20-21(24)7-2-8-22(20)26/h2-3,6-11,16,27H,4-5,12-15,17H2,1H3,(H,28,29). The summed E-state index contributed by atoms with van der Waals surface area (Å²) >= 11 is 7.93. The Kier molecular flexibility index (Phi) is 9.64. The summed E-state index contributed by atoms with van der Waals surface area (Å²) in [4.78, 5) is 12.1. The molecule has 3 rings (SSSR count). The molecular formula is C25H28ClNO5S2. The van der Waals surface area contributed by atoms with Gasteiger partial charge in [-0.1, -0.05) is 35.9 Å². The molecule has 0 aromatic heterocycles. The van der Waals surface area contributed by atoms with Crippen molar-refractivity contribution >= 4 is 49.9 Å². The average molecular weight is 522 g/mol. The summed E-state index contributed by atoms with van der Waals surface area (Å²) in [5.74, 6) is 0.573. The molecule has 6 nitrogen and oxygen atoms in total. The number of halogens is 1. The molecular weight excluding hydrogens is 494 g/mol. The molecule has 182 valence electrons. The average Bonchev–Trinajstić information content (AvgIpc) is 2.80. The SMILES string of the molecule is Cc1cc(SCCCNCCCS(=O)(=O)c2cccc3c(Cl)cccc23)ccc1OCC(=O)O.